The predicted octanol–water partition coefficient (Wildman–Crippen LogP) is 1.30. The van der Waals surface area contributed by atoms with Gasteiger partial charge in [-0.3, -0.25) is 10.1 Å². The number of nitrogens with zero attached hydrogens (tertiary/aromatic N) is 1. The Kier molecular flexibility index (Phi) is 3.80. The zero-order chi connectivity index (χ0) is 14.0. The van der Waals surface area contributed by atoms with Crippen LogP contribution in [0.4, 0.5) is 13.9 Å². The molecule has 1 aromatic carbocycles. The molecule has 1 aromatic heterocycles. The number of phenolic OH excluding ortho intramolecular Hbond substituents is 1. The monoisotopic (exact) mass is 282 g/mol. The Morgan fingerprint density at radius 1 is 1.42 bits per heavy atom. The number of carbonyl (C=O) groups is 1. The van der Waals surface area contributed by atoms with E-state index in [1.165, 1.54) is 17.5 Å². The first-order chi connectivity index (χ1) is 8.95. The summed E-state index contributed by atoms with van der Waals surface area (Å²) in [5.74, 6) is -0.535. The van der Waals surface area contributed by atoms with Crippen molar-refractivity contribution >= 4 is 35.7 Å². The van der Waals surface area contributed by atoms with Crippen molar-refractivity contribution < 1.29 is 18.7 Å². The summed E-state index contributed by atoms with van der Waals surface area (Å²) >= 11 is 0.924. The Morgan fingerprint density at radius 3 is 2.74 bits per heavy atom. The van der Waals surface area contributed by atoms with Gasteiger partial charge < -0.3 is 5.11 Å². The van der Waals surface area contributed by atoms with E-state index < -0.39 is 12.3 Å². The third-order valence-electron chi connectivity index (χ3n) is 2.29. The molecule has 0 unspecified atom stereocenters. The standard InChI is InChI=1S/C11H9BF2N2O2S/c12-6-1-5(2-7(17)3-6)10(18)16-11-15-8(4-19-11)9(13)14/h1-4,9,17H,12H2,(H,15,16,18). The molecule has 2 N–H and O–H groups in total. The molecule has 0 radical (unpaired) electrons. The van der Waals surface area contributed by atoms with Crippen LogP contribution in [0.5, 0.6) is 5.75 Å². The minimum atomic E-state index is -2.66. The number of hydrogen-bond donors (Lipinski definition) is 2. The molecule has 0 spiro atoms. The Bertz CT molecular complexity index is 598. The fraction of sp³-hybridized carbons (Fsp3) is 0.0909. The minimum Gasteiger partial charge on any atom is -0.508 e. The first-order valence-electron chi connectivity index (χ1n) is 5.31. The van der Waals surface area contributed by atoms with E-state index in [1.807, 2.05) is 0 Å². The molecule has 1 amide bonds. The number of benzene rings is 1. The molecule has 0 saturated carbocycles. The smallest absolute Gasteiger partial charge is 0.281 e. The molecule has 0 aliphatic rings. The van der Waals surface area contributed by atoms with Gasteiger partial charge in [0.25, 0.3) is 12.3 Å². The zero-order valence-corrected chi connectivity index (χ0v) is 10.7. The van der Waals surface area contributed by atoms with Crippen LogP contribution in [0.3, 0.4) is 0 Å². The van der Waals surface area contributed by atoms with Crippen molar-refractivity contribution in [3.63, 3.8) is 0 Å². The average molecular weight is 282 g/mol. The molecule has 4 nitrogen and oxygen atoms in total. The molecule has 0 bridgehead atoms. The van der Waals surface area contributed by atoms with Gasteiger partial charge in [-0.1, -0.05) is 11.5 Å². The van der Waals surface area contributed by atoms with Crippen molar-refractivity contribution in [3.05, 3.63) is 34.8 Å². The van der Waals surface area contributed by atoms with E-state index in [2.05, 4.69) is 10.3 Å². The number of halogens is 2. The second-order valence-electron chi connectivity index (χ2n) is 3.89. The number of thiazole rings is 1. The van der Waals surface area contributed by atoms with Crippen LogP contribution in [-0.2, 0) is 0 Å². The van der Waals surface area contributed by atoms with Gasteiger partial charge in [-0.25, -0.2) is 13.8 Å². The molecule has 8 heteroatoms. The summed E-state index contributed by atoms with van der Waals surface area (Å²) in [7, 11) is 1.73. The highest BCUT2D eigenvalue weighted by molar-refractivity contribution is 7.14. The SMILES string of the molecule is Bc1cc(O)cc(C(=O)Nc2nc(C(F)F)cs2)c1. The van der Waals surface area contributed by atoms with Crippen molar-refractivity contribution in [3.8, 4) is 5.75 Å². The maximum Gasteiger partial charge on any atom is 0.281 e. The van der Waals surface area contributed by atoms with Crippen molar-refractivity contribution in [2.45, 2.75) is 6.43 Å². The van der Waals surface area contributed by atoms with Gasteiger partial charge in [-0.05, 0) is 12.1 Å². The maximum atomic E-state index is 12.3. The molecule has 0 saturated heterocycles. The van der Waals surface area contributed by atoms with Crippen LogP contribution in [-0.4, -0.2) is 23.8 Å². The minimum absolute atomic E-state index is 0.0300. The fourth-order valence-corrected chi connectivity index (χ4v) is 2.20. The summed E-state index contributed by atoms with van der Waals surface area (Å²) in [6.07, 6.45) is -2.66. The van der Waals surface area contributed by atoms with E-state index in [4.69, 9.17) is 0 Å². The van der Waals surface area contributed by atoms with Gasteiger partial charge in [0, 0.05) is 10.9 Å². The first-order valence-corrected chi connectivity index (χ1v) is 6.19. The van der Waals surface area contributed by atoms with Crippen LogP contribution in [0.1, 0.15) is 22.5 Å². The lowest BCUT2D eigenvalue weighted by Crippen LogP contribution is -2.14. The number of amides is 1. The first kappa shape index (κ1) is 13.5. The van der Waals surface area contributed by atoms with Crippen molar-refractivity contribution in [1.82, 2.24) is 4.98 Å². The molecule has 0 aliphatic heterocycles. The molecule has 19 heavy (non-hydrogen) atoms. The molecule has 0 atom stereocenters. The van der Waals surface area contributed by atoms with Crippen LogP contribution in [0.25, 0.3) is 0 Å². The van der Waals surface area contributed by atoms with Crippen molar-refractivity contribution in [2.24, 2.45) is 0 Å². The van der Waals surface area contributed by atoms with E-state index in [0.29, 0.717) is 0 Å². The van der Waals surface area contributed by atoms with E-state index in [-0.39, 0.29) is 22.1 Å². The van der Waals surface area contributed by atoms with Crippen LogP contribution in [0.2, 0.25) is 0 Å². The van der Waals surface area contributed by atoms with Crippen LogP contribution in [0.15, 0.2) is 23.6 Å². The topological polar surface area (TPSA) is 62.2 Å². The van der Waals surface area contributed by atoms with Crippen molar-refractivity contribution in [2.75, 3.05) is 5.32 Å². The second kappa shape index (κ2) is 5.35. The number of nitrogens with one attached hydrogen (secondary N) is 1. The van der Waals surface area contributed by atoms with Gasteiger partial charge in [0.15, 0.2) is 5.13 Å². The van der Waals surface area contributed by atoms with Crippen molar-refractivity contribution in [1.29, 1.82) is 0 Å². The Hall–Kier alpha value is -1.96. The summed E-state index contributed by atoms with van der Waals surface area (Å²) in [4.78, 5) is 15.4. The van der Waals surface area contributed by atoms with Gasteiger partial charge in [-0.15, -0.1) is 11.3 Å². The van der Waals surface area contributed by atoms with Gasteiger partial charge in [0.05, 0.1) is 0 Å². The summed E-state index contributed by atoms with van der Waals surface area (Å²) < 4.78 is 24.7. The number of hydrogen-bond acceptors (Lipinski definition) is 4. The second-order valence-corrected chi connectivity index (χ2v) is 4.75. The number of phenols is 1. The Labute approximate surface area is 112 Å². The summed E-state index contributed by atoms with van der Waals surface area (Å²) in [6, 6.07) is 4.38. The third-order valence-corrected chi connectivity index (χ3v) is 3.07. The molecular weight excluding hydrogens is 273 g/mol. The fourth-order valence-electron chi connectivity index (χ4n) is 1.51. The van der Waals surface area contributed by atoms with E-state index in [9.17, 15) is 18.7 Å². The van der Waals surface area contributed by atoms with Crippen LogP contribution < -0.4 is 10.8 Å². The van der Waals surface area contributed by atoms with E-state index in [0.717, 1.165) is 16.8 Å². The van der Waals surface area contributed by atoms with Gasteiger partial charge in [-0.2, -0.15) is 0 Å². The molecule has 2 aromatic rings. The van der Waals surface area contributed by atoms with Gasteiger partial charge in [0.2, 0.25) is 0 Å². The summed E-state index contributed by atoms with van der Waals surface area (Å²) in [5, 5.41) is 13.1. The van der Waals surface area contributed by atoms with Gasteiger partial charge >= 0.3 is 0 Å². The largest absolute Gasteiger partial charge is 0.508 e. The number of aromatic hydroxyl groups is 1. The van der Waals surface area contributed by atoms with E-state index >= 15 is 0 Å². The highest BCUT2D eigenvalue weighted by Crippen LogP contribution is 2.24. The number of rotatable bonds is 3. The Morgan fingerprint density at radius 2 is 2.16 bits per heavy atom. The maximum absolute atomic E-state index is 12.3. The molecule has 1 heterocycles. The molecular formula is C11H9BF2N2O2S. The zero-order valence-electron chi connectivity index (χ0n) is 9.85. The molecule has 2 rings (SSSR count). The number of anilines is 1. The lowest BCUT2D eigenvalue weighted by molar-refractivity contribution is 0.102. The van der Waals surface area contributed by atoms with Crippen LogP contribution >= 0.6 is 11.3 Å². The number of alkyl halides is 2. The van der Waals surface area contributed by atoms with Crippen LogP contribution in [0, 0.1) is 0 Å². The highest BCUT2D eigenvalue weighted by Gasteiger charge is 2.14. The molecule has 0 aliphatic carbocycles. The molecule has 0 fully saturated rings. The number of aromatic nitrogens is 1. The normalized spacial score (nSPS) is 10.7. The Balaban J connectivity index is 2.15. The van der Waals surface area contributed by atoms with Gasteiger partial charge in [0.1, 0.15) is 19.3 Å². The number of carbonyl (C=O) groups excluding carboxylic acids is 1. The summed E-state index contributed by atoms with van der Waals surface area (Å²) in [5.41, 5.74) is 0.594. The summed E-state index contributed by atoms with van der Waals surface area (Å²) in [6.45, 7) is 0. The quantitative estimate of drug-likeness (QED) is 0.834. The molecule has 98 valence electrons. The lowest BCUT2D eigenvalue weighted by atomic mass is 9.94. The highest BCUT2D eigenvalue weighted by atomic mass is 32.1. The van der Waals surface area contributed by atoms with E-state index in [1.54, 1.807) is 13.9 Å². The average Bonchev–Trinajstić information content (AvgIpc) is 2.76. The predicted molar refractivity (Wildman–Crippen MR) is 71.3 cm³/mol. The third kappa shape index (κ3) is 3.28. The lowest BCUT2D eigenvalue weighted by Gasteiger charge is -2.04.